The first kappa shape index (κ1) is 13.3. The highest BCUT2D eigenvalue weighted by Gasteiger charge is 2.21. The van der Waals surface area contributed by atoms with E-state index < -0.39 is 11.9 Å². The molecule has 102 valence electrons. The Hall–Kier alpha value is -2.18. The third kappa shape index (κ3) is 2.81. The highest BCUT2D eigenvalue weighted by molar-refractivity contribution is 5.71. The van der Waals surface area contributed by atoms with Crippen molar-refractivity contribution in [1.29, 1.82) is 0 Å². The molecule has 2 rings (SSSR count). The van der Waals surface area contributed by atoms with Gasteiger partial charge in [0.1, 0.15) is 12.1 Å². The molecule has 2 N–H and O–H groups in total. The molecule has 0 aromatic carbocycles. The molecule has 7 nitrogen and oxygen atoms in total. The Labute approximate surface area is 110 Å². The van der Waals surface area contributed by atoms with Crippen molar-refractivity contribution in [2.24, 2.45) is 11.8 Å². The predicted octanol–water partition coefficient (Wildman–Crippen LogP) is 1.20. The van der Waals surface area contributed by atoms with Gasteiger partial charge in [-0.1, -0.05) is 13.8 Å². The number of nitrogens with zero attached hydrogens (tertiary/aromatic N) is 4. The Morgan fingerprint density at radius 3 is 2.89 bits per heavy atom. The number of carbonyl (C=O) groups is 1. The van der Waals surface area contributed by atoms with E-state index in [1.807, 2.05) is 26.8 Å². The van der Waals surface area contributed by atoms with Gasteiger partial charge < -0.3 is 10.4 Å². The van der Waals surface area contributed by atoms with Crippen LogP contribution in [0.4, 0.5) is 5.82 Å². The van der Waals surface area contributed by atoms with Gasteiger partial charge in [-0.15, -0.1) is 0 Å². The predicted molar refractivity (Wildman–Crippen MR) is 70.0 cm³/mol. The van der Waals surface area contributed by atoms with Gasteiger partial charge in [-0.2, -0.15) is 14.6 Å². The summed E-state index contributed by atoms with van der Waals surface area (Å²) in [6.45, 7) is 5.98. The van der Waals surface area contributed by atoms with Crippen LogP contribution in [0.5, 0.6) is 0 Å². The minimum Gasteiger partial charge on any atom is -0.481 e. The highest BCUT2D eigenvalue weighted by atomic mass is 16.4. The Bertz CT molecular complexity index is 593. The lowest BCUT2D eigenvalue weighted by Crippen LogP contribution is -2.28. The summed E-state index contributed by atoms with van der Waals surface area (Å²) in [5.41, 5.74) is 0.805. The number of aryl methyl sites for hydroxylation is 1. The molecule has 19 heavy (non-hydrogen) atoms. The Morgan fingerprint density at radius 1 is 1.53 bits per heavy atom. The standard InChI is InChI=1S/C12H17N5O2/c1-7(2)9(11(18)19)5-13-10-4-8(3)16-12-14-6-15-17(10)12/h4,6-7,9,13H,5H2,1-3H3,(H,18,19). The molecule has 1 atom stereocenters. The summed E-state index contributed by atoms with van der Waals surface area (Å²) >= 11 is 0. The van der Waals surface area contributed by atoms with E-state index in [1.54, 1.807) is 4.52 Å². The van der Waals surface area contributed by atoms with Crippen molar-refractivity contribution < 1.29 is 9.90 Å². The maximum atomic E-state index is 11.2. The van der Waals surface area contributed by atoms with Gasteiger partial charge in [0, 0.05) is 18.3 Å². The van der Waals surface area contributed by atoms with E-state index in [9.17, 15) is 4.79 Å². The van der Waals surface area contributed by atoms with Gasteiger partial charge in [0.05, 0.1) is 5.92 Å². The molecule has 1 unspecified atom stereocenters. The second-order valence-corrected chi connectivity index (χ2v) is 4.82. The van der Waals surface area contributed by atoms with Crippen molar-refractivity contribution in [1.82, 2.24) is 19.6 Å². The number of hydrogen-bond donors (Lipinski definition) is 2. The molecular formula is C12H17N5O2. The number of hydrogen-bond acceptors (Lipinski definition) is 5. The molecule has 0 aliphatic carbocycles. The topological polar surface area (TPSA) is 92.4 Å². The normalized spacial score (nSPS) is 12.8. The quantitative estimate of drug-likeness (QED) is 0.842. The average molecular weight is 263 g/mol. The van der Waals surface area contributed by atoms with Gasteiger partial charge in [-0.05, 0) is 12.8 Å². The monoisotopic (exact) mass is 263 g/mol. The minimum atomic E-state index is -0.803. The third-order valence-corrected chi connectivity index (χ3v) is 3.00. The Balaban J connectivity index is 2.21. The van der Waals surface area contributed by atoms with Gasteiger partial charge >= 0.3 is 5.97 Å². The van der Waals surface area contributed by atoms with E-state index in [1.165, 1.54) is 6.33 Å². The molecular weight excluding hydrogens is 246 g/mol. The summed E-state index contributed by atoms with van der Waals surface area (Å²) in [6.07, 6.45) is 1.42. The van der Waals surface area contributed by atoms with E-state index in [0.29, 0.717) is 18.1 Å². The van der Waals surface area contributed by atoms with Crippen LogP contribution in [0.3, 0.4) is 0 Å². The molecule has 0 aliphatic rings. The van der Waals surface area contributed by atoms with E-state index in [-0.39, 0.29) is 5.92 Å². The zero-order valence-corrected chi connectivity index (χ0v) is 11.2. The van der Waals surface area contributed by atoms with Crippen molar-refractivity contribution in [2.75, 3.05) is 11.9 Å². The van der Waals surface area contributed by atoms with Crippen LogP contribution in [0.25, 0.3) is 5.78 Å². The van der Waals surface area contributed by atoms with Gasteiger partial charge in [0.25, 0.3) is 5.78 Å². The molecule has 2 heterocycles. The van der Waals surface area contributed by atoms with Crippen molar-refractivity contribution in [3.63, 3.8) is 0 Å². The summed E-state index contributed by atoms with van der Waals surface area (Å²) in [5.74, 6) is 0.000137. The Kier molecular flexibility index (Phi) is 3.64. The lowest BCUT2D eigenvalue weighted by atomic mass is 9.96. The van der Waals surface area contributed by atoms with E-state index in [2.05, 4.69) is 20.4 Å². The summed E-state index contributed by atoms with van der Waals surface area (Å²) in [4.78, 5) is 19.4. The van der Waals surface area contributed by atoms with Gasteiger partial charge in [-0.3, -0.25) is 4.79 Å². The number of aliphatic carboxylic acids is 1. The van der Waals surface area contributed by atoms with Crippen LogP contribution >= 0.6 is 0 Å². The number of anilines is 1. The summed E-state index contributed by atoms with van der Waals surface area (Å²) < 4.78 is 1.56. The molecule has 0 aliphatic heterocycles. The van der Waals surface area contributed by atoms with E-state index in [0.717, 1.165) is 5.69 Å². The van der Waals surface area contributed by atoms with Crippen LogP contribution in [-0.4, -0.2) is 37.2 Å². The fourth-order valence-corrected chi connectivity index (χ4v) is 1.88. The summed E-state index contributed by atoms with van der Waals surface area (Å²) in [6, 6.07) is 1.82. The SMILES string of the molecule is Cc1cc(NCC(C(=O)O)C(C)C)n2ncnc2n1. The van der Waals surface area contributed by atoms with Gasteiger partial charge in [0.2, 0.25) is 0 Å². The zero-order valence-electron chi connectivity index (χ0n) is 11.2. The fraction of sp³-hybridized carbons (Fsp3) is 0.500. The van der Waals surface area contributed by atoms with Crippen molar-refractivity contribution in [3.05, 3.63) is 18.1 Å². The number of fused-ring (bicyclic) bond motifs is 1. The molecule has 0 bridgehead atoms. The number of rotatable bonds is 5. The van der Waals surface area contributed by atoms with Crippen LogP contribution in [0.2, 0.25) is 0 Å². The fourth-order valence-electron chi connectivity index (χ4n) is 1.88. The maximum absolute atomic E-state index is 11.2. The average Bonchev–Trinajstić information content (AvgIpc) is 2.75. The van der Waals surface area contributed by atoms with E-state index in [4.69, 9.17) is 5.11 Å². The minimum absolute atomic E-state index is 0.0548. The number of nitrogens with one attached hydrogen (secondary N) is 1. The highest BCUT2D eigenvalue weighted by Crippen LogP contribution is 2.15. The van der Waals surface area contributed by atoms with Crippen molar-refractivity contribution in [2.45, 2.75) is 20.8 Å². The van der Waals surface area contributed by atoms with E-state index >= 15 is 0 Å². The number of carboxylic acid groups (broad SMARTS) is 1. The molecule has 0 saturated carbocycles. The van der Waals surface area contributed by atoms with Crippen LogP contribution < -0.4 is 5.32 Å². The van der Waals surface area contributed by atoms with Gasteiger partial charge in [-0.25, -0.2) is 4.98 Å². The lowest BCUT2D eigenvalue weighted by molar-refractivity contribution is -0.142. The first-order chi connectivity index (χ1) is 8.99. The smallest absolute Gasteiger partial charge is 0.308 e. The molecule has 2 aromatic rings. The summed E-state index contributed by atoms with van der Waals surface area (Å²) in [7, 11) is 0. The zero-order chi connectivity index (χ0) is 14.0. The second kappa shape index (κ2) is 5.21. The first-order valence-corrected chi connectivity index (χ1v) is 6.13. The number of carboxylic acids is 1. The molecule has 0 fully saturated rings. The summed E-state index contributed by atoms with van der Waals surface area (Å²) in [5, 5.41) is 16.3. The van der Waals surface area contributed by atoms with Crippen molar-refractivity contribution >= 4 is 17.6 Å². The molecule has 0 amide bonds. The largest absolute Gasteiger partial charge is 0.481 e. The second-order valence-electron chi connectivity index (χ2n) is 4.82. The Morgan fingerprint density at radius 2 is 2.26 bits per heavy atom. The number of aromatic nitrogens is 4. The van der Waals surface area contributed by atoms with Crippen LogP contribution in [-0.2, 0) is 4.79 Å². The van der Waals surface area contributed by atoms with Crippen LogP contribution in [0, 0.1) is 18.8 Å². The van der Waals surface area contributed by atoms with Gasteiger partial charge in [0.15, 0.2) is 0 Å². The molecule has 0 radical (unpaired) electrons. The molecule has 7 heteroatoms. The lowest BCUT2D eigenvalue weighted by Gasteiger charge is -2.17. The molecule has 0 saturated heterocycles. The van der Waals surface area contributed by atoms with Crippen LogP contribution in [0.15, 0.2) is 12.4 Å². The third-order valence-electron chi connectivity index (χ3n) is 3.00. The molecule has 0 spiro atoms. The molecule has 2 aromatic heterocycles. The maximum Gasteiger partial charge on any atom is 0.308 e. The van der Waals surface area contributed by atoms with Crippen molar-refractivity contribution in [3.8, 4) is 0 Å². The van der Waals surface area contributed by atoms with Crippen LogP contribution in [0.1, 0.15) is 19.5 Å². The first-order valence-electron chi connectivity index (χ1n) is 6.13.